The molecular weight excluding hydrogens is 525 g/mol. The van der Waals surface area contributed by atoms with Crippen molar-refractivity contribution in [2.45, 2.75) is 77.4 Å². The number of rotatable bonds is 8. The van der Waals surface area contributed by atoms with E-state index in [-0.39, 0.29) is 29.9 Å². The molecule has 1 saturated carbocycles. The molecule has 186 valence electrons. The zero-order valence-corrected chi connectivity index (χ0v) is 23.1. The van der Waals surface area contributed by atoms with Crippen LogP contribution in [0.25, 0.3) is 0 Å². The number of guanidine groups is 1. The van der Waals surface area contributed by atoms with Crippen LogP contribution >= 0.6 is 24.0 Å². The van der Waals surface area contributed by atoms with E-state index in [1.807, 2.05) is 0 Å². The average molecular weight is 570 g/mol. The summed E-state index contributed by atoms with van der Waals surface area (Å²) in [6.45, 7) is 6.61. The van der Waals surface area contributed by atoms with Crippen molar-refractivity contribution in [3.63, 3.8) is 0 Å². The smallest absolute Gasteiger partial charge is 0.220 e. The summed E-state index contributed by atoms with van der Waals surface area (Å²) in [7, 11) is 4.00. The summed E-state index contributed by atoms with van der Waals surface area (Å²) < 4.78 is 0. The number of aliphatic imine (C=N–C) groups is 1. The second-order valence-corrected chi connectivity index (χ2v) is 9.45. The van der Waals surface area contributed by atoms with Gasteiger partial charge >= 0.3 is 0 Å². The number of piperidine rings is 1. The number of carbonyl (C=O) groups is 1. The number of likely N-dealkylation sites (tertiary alicyclic amines) is 1. The maximum Gasteiger partial charge on any atom is 0.220 e. The van der Waals surface area contributed by atoms with Crippen LogP contribution in [-0.2, 0) is 17.9 Å². The number of hydrogen-bond acceptors (Lipinski definition) is 3. The highest BCUT2D eigenvalue weighted by Crippen LogP contribution is 2.24. The Bertz CT molecular complexity index is 742. The Morgan fingerprint density at radius 2 is 1.76 bits per heavy atom. The molecular formula is C26H44IN5O. The maximum atomic E-state index is 11.7. The fourth-order valence-corrected chi connectivity index (χ4v) is 5.08. The van der Waals surface area contributed by atoms with Crippen LogP contribution in [0.4, 0.5) is 0 Å². The van der Waals surface area contributed by atoms with Gasteiger partial charge in [0.2, 0.25) is 5.91 Å². The molecule has 1 saturated heterocycles. The Morgan fingerprint density at radius 3 is 2.39 bits per heavy atom. The Hall–Kier alpha value is -1.35. The Morgan fingerprint density at radius 1 is 1.09 bits per heavy atom. The van der Waals surface area contributed by atoms with E-state index in [1.165, 1.54) is 43.2 Å². The topological polar surface area (TPSA) is 60.0 Å². The van der Waals surface area contributed by atoms with Crippen LogP contribution in [-0.4, -0.2) is 61.4 Å². The highest BCUT2D eigenvalue weighted by atomic mass is 127. The number of carbonyl (C=O) groups excluding carboxylic acids is 1. The quantitative estimate of drug-likeness (QED) is 0.277. The van der Waals surface area contributed by atoms with Gasteiger partial charge in [0.05, 0.1) is 6.54 Å². The molecule has 33 heavy (non-hydrogen) atoms. The molecule has 0 bridgehead atoms. The van der Waals surface area contributed by atoms with Gasteiger partial charge in [-0.3, -0.25) is 9.69 Å². The van der Waals surface area contributed by atoms with E-state index in [0.717, 1.165) is 45.0 Å². The molecule has 2 fully saturated rings. The SMILES string of the molecule is CCNC(=NCc1ccccc1CN(C)C1CCCCC1)N1CCC(CC(=O)NC)CC1.I. The number of benzene rings is 1. The molecule has 0 radical (unpaired) electrons. The van der Waals surface area contributed by atoms with Crippen LogP contribution in [0.1, 0.15) is 69.4 Å². The van der Waals surface area contributed by atoms with E-state index >= 15 is 0 Å². The molecule has 1 aliphatic carbocycles. The second-order valence-electron chi connectivity index (χ2n) is 9.45. The van der Waals surface area contributed by atoms with Crippen molar-refractivity contribution >= 4 is 35.8 Å². The van der Waals surface area contributed by atoms with E-state index in [0.29, 0.717) is 24.9 Å². The van der Waals surface area contributed by atoms with Crippen molar-refractivity contribution in [2.24, 2.45) is 10.9 Å². The van der Waals surface area contributed by atoms with Crippen LogP contribution in [0.2, 0.25) is 0 Å². The fraction of sp³-hybridized carbons (Fsp3) is 0.692. The minimum absolute atomic E-state index is 0. The molecule has 1 heterocycles. The zero-order valence-electron chi connectivity index (χ0n) is 20.8. The lowest BCUT2D eigenvalue weighted by atomic mass is 9.93. The summed E-state index contributed by atoms with van der Waals surface area (Å²) in [6, 6.07) is 9.49. The predicted molar refractivity (Wildman–Crippen MR) is 148 cm³/mol. The van der Waals surface area contributed by atoms with Crippen molar-refractivity contribution in [1.82, 2.24) is 20.4 Å². The second kappa shape index (κ2) is 14.8. The van der Waals surface area contributed by atoms with Crippen LogP contribution in [0.5, 0.6) is 0 Å². The van der Waals surface area contributed by atoms with Gasteiger partial charge in [-0.1, -0.05) is 43.5 Å². The maximum absolute atomic E-state index is 11.7. The van der Waals surface area contributed by atoms with Gasteiger partial charge in [-0.05, 0) is 56.7 Å². The van der Waals surface area contributed by atoms with Gasteiger partial charge in [0.1, 0.15) is 0 Å². The first-order valence-electron chi connectivity index (χ1n) is 12.6. The summed E-state index contributed by atoms with van der Waals surface area (Å²) >= 11 is 0. The first-order valence-corrected chi connectivity index (χ1v) is 12.6. The summed E-state index contributed by atoms with van der Waals surface area (Å²) in [5, 5.41) is 6.24. The molecule has 0 spiro atoms. The molecule has 6 nitrogen and oxygen atoms in total. The van der Waals surface area contributed by atoms with Crippen LogP contribution in [0.3, 0.4) is 0 Å². The molecule has 1 amide bonds. The van der Waals surface area contributed by atoms with Gasteiger partial charge in [-0.25, -0.2) is 4.99 Å². The highest BCUT2D eigenvalue weighted by molar-refractivity contribution is 14.0. The summed E-state index contributed by atoms with van der Waals surface area (Å²) in [5.74, 6) is 1.63. The lowest BCUT2D eigenvalue weighted by Gasteiger charge is -2.34. The summed E-state index contributed by atoms with van der Waals surface area (Å²) in [4.78, 5) is 21.6. The summed E-state index contributed by atoms with van der Waals surface area (Å²) in [6.07, 6.45) is 9.52. The Balaban J connectivity index is 0.00000385. The third-order valence-electron chi connectivity index (χ3n) is 7.14. The number of hydrogen-bond donors (Lipinski definition) is 2. The van der Waals surface area contributed by atoms with E-state index in [4.69, 9.17) is 4.99 Å². The van der Waals surface area contributed by atoms with Gasteiger partial charge in [0.15, 0.2) is 5.96 Å². The Labute approximate surface area is 218 Å². The minimum atomic E-state index is 0. The van der Waals surface area contributed by atoms with Crippen molar-refractivity contribution in [1.29, 1.82) is 0 Å². The normalized spacial score (nSPS) is 18.2. The number of nitrogens with one attached hydrogen (secondary N) is 2. The lowest BCUT2D eigenvalue weighted by molar-refractivity contribution is -0.121. The minimum Gasteiger partial charge on any atom is -0.359 e. The highest BCUT2D eigenvalue weighted by Gasteiger charge is 2.23. The largest absolute Gasteiger partial charge is 0.359 e. The monoisotopic (exact) mass is 569 g/mol. The van der Waals surface area contributed by atoms with E-state index in [9.17, 15) is 4.79 Å². The third-order valence-corrected chi connectivity index (χ3v) is 7.14. The number of nitrogens with zero attached hydrogens (tertiary/aromatic N) is 3. The van der Waals surface area contributed by atoms with Gasteiger partial charge in [0, 0.05) is 45.7 Å². The van der Waals surface area contributed by atoms with E-state index in [1.54, 1.807) is 7.05 Å². The van der Waals surface area contributed by atoms with Crippen molar-refractivity contribution in [3.8, 4) is 0 Å². The summed E-state index contributed by atoms with van der Waals surface area (Å²) in [5.41, 5.74) is 2.71. The first kappa shape index (κ1) is 27.9. The molecule has 7 heteroatoms. The lowest BCUT2D eigenvalue weighted by Crippen LogP contribution is -2.46. The number of halogens is 1. The van der Waals surface area contributed by atoms with Gasteiger partial charge in [-0.2, -0.15) is 0 Å². The van der Waals surface area contributed by atoms with Gasteiger partial charge in [-0.15, -0.1) is 24.0 Å². The van der Waals surface area contributed by atoms with Gasteiger partial charge in [0.25, 0.3) is 0 Å². The van der Waals surface area contributed by atoms with Gasteiger partial charge < -0.3 is 15.5 Å². The Kier molecular flexibility index (Phi) is 12.5. The zero-order chi connectivity index (χ0) is 22.8. The predicted octanol–water partition coefficient (Wildman–Crippen LogP) is 4.38. The standard InChI is InChI=1S/C26H43N5O.HI/c1-4-28-26(31-16-14-21(15-17-31)18-25(32)27-2)29-19-22-10-8-9-11-23(22)20-30(3)24-12-6-5-7-13-24;/h8-11,21,24H,4-7,12-20H2,1-3H3,(H,27,32)(H,28,29);1H. The van der Waals surface area contributed by atoms with Crippen molar-refractivity contribution < 1.29 is 4.79 Å². The fourth-order valence-electron chi connectivity index (χ4n) is 5.08. The first-order chi connectivity index (χ1) is 15.6. The molecule has 1 aromatic rings. The molecule has 0 atom stereocenters. The van der Waals surface area contributed by atoms with E-state index < -0.39 is 0 Å². The van der Waals surface area contributed by atoms with Crippen LogP contribution in [0.15, 0.2) is 29.3 Å². The average Bonchev–Trinajstić information content (AvgIpc) is 2.83. The molecule has 1 aromatic carbocycles. The molecule has 2 aliphatic rings. The molecule has 0 aromatic heterocycles. The molecule has 1 aliphatic heterocycles. The van der Waals surface area contributed by atoms with Crippen LogP contribution in [0, 0.1) is 5.92 Å². The number of amides is 1. The van der Waals surface area contributed by atoms with Crippen molar-refractivity contribution in [3.05, 3.63) is 35.4 Å². The van der Waals surface area contributed by atoms with E-state index in [2.05, 4.69) is 58.7 Å². The van der Waals surface area contributed by atoms with Crippen LogP contribution < -0.4 is 10.6 Å². The molecule has 3 rings (SSSR count). The van der Waals surface area contributed by atoms with Crippen molar-refractivity contribution in [2.75, 3.05) is 33.7 Å². The molecule has 2 N–H and O–H groups in total. The third kappa shape index (κ3) is 8.74. The molecule has 0 unspecified atom stereocenters.